The van der Waals surface area contributed by atoms with Crippen LogP contribution in [-0.2, 0) is 17.6 Å². The zero-order valence-electron chi connectivity index (χ0n) is 19.4. The normalized spacial score (nSPS) is 12.1. The Morgan fingerprint density at radius 2 is 1.89 bits per heavy atom. The maximum atomic E-state index is 13.9. The van der Waals surface area contributed by atoms with Gasteiger partial charge in [-0.05, 0) is 65.9 Å². The smallest absolute Gasteiger partial charge is 0.225 e. The Hall–Kier alpha value is -4.04. The number of thiazole rings is 1. The van der Waals surface area contributed by atoms with Crippen molar-refractivity contribution in [3.63, 3.8) is 0 Å². The number of aryl methyl sites for hydroxylation is 1. The summed E-state index contributed by atoms with van der Waals surface area (Å²) in [5.41, 5.74) is 6.36. The maximum absolute atomic E-state index is 13.9. The number of carbonyl (C=O) groups is 1. The monoisotopic (exact) mass is 503 g/mol. The Labute approximate surface area is 210 Å². The summed E-state index contributed by atoms with van der Waals surface area (Å²) in [6.07, 6.45) is 1.96. The molecule has 8 heteroatoms. The van der Waals surface area contributed by atoms with E-state index in [4.69, 9.17) is 0 Å². The lowest BCUT2D eigenvalue weighted by Crippen LogP contribution is -2.31. The fourth-order valence-electron chi connectivity index (χ4n) is 4.44. The molecule has 5 aromatic rings. The van der Waals surface area contributed by atoms with Crippen molar-refractivity contribution in [2.45, 2.75) is 25.8 Å². The van der Waals surface area contributed by atoms with Crippen LogP contribution in [0.1, 0.15) is 28.4 Å². The molecule has 2 heterocycles. The minimum atomic E-state index is -0.675. The predicted molar refractivity (Wildman–Crippen MR) is 137 cm³/mol. The molecule has 3 N–H and O–H groups in total. The van der Waals surface area contributed by atoms with Gasteiger partial charge in [0, 0.05) is 23.2 Å². The van der Waals surface area contributed by atoms with Crippen molar-refractivity contribution in [3.8, 4) is 16.2 Å². The van der Waals surface area contributed by atoms with Crippen LogP contribution in [0.25, 0.3) is 21.3 Å². The van der Waals surface area contributed by atoms with Gasteiger partial charge in [0.1, 0.15) is 17.4 Å². The van der Waals surface area contributed by atoms with E-state index in [1.165, 1.54) is 23.5 Å². The van der Waals surface area contributed by atoms with Crippen molar-refractivity contribution >= 4 is 28.1 Å². The Bertz CT molecular complexity index is 1540. The molecule has 0 spiro atoms. The summed E-state index contributed by atoms with van der Waals surface area (Å²) in [4.78, 5) is 21.8. The second-order valence-electron chi connectivity index (χ2n) is 8.70. The molecule has 36 heavy (non-hydrogen) atoms. The Kier molecular flexibility index (Phi) is 6.52. The van der Waals surface area contributed by atoms with Crippen LogP contribution >= 0.6 is 11.3 Å². The van der Waals surface area contributed by atoms with Crippen molar-refractivity contribution in [1.82, 2.24) is 15.3 Å². The third kappa shape index (κ3) is 4.99. The van der Waals surface area contributed by atoms with E-state index in [9.17, 15) is 18.7 Å². The van der Waals surface area contributed by atoms with E-state index in [-0.39, 0.29) is 24.5 Å². The Morgan fingerprint density at radius 1 is 1.11 bits per heavy atom. The van der Waals surface area contributed by atoms with Crippen LogP contribution in [0.4, 0.5) is 8.78 Å². The number of halogens is 2. The van der Waals surface area contributed by atoms with Crippen LogP contribution in [0.15, 0.2) is 72.4 Å². The zero-order valence-corrected chi connectivity index (χ0v) is 20.2. The van der Waals surface area contributed by atoms with E-state index < -0.39 is 17.7 Å². The molecule has 0 aliphatic carbocycles. The van der Waals surface area contributed by atoms with E-state index in [1.54, 1.807) is 29.9 Å². The number of phenolic OH excluding ortho intramolecular Hbond substituents is 1. The number of fused-ring (bicyclic) bond motifs is 1. The van der Waals surface area contributed by atoms with E-state index in [1.807, 2.05) is 31.2 Å². The number of nitrogens with one attached hydrogen (secondary N) is 2. The number of rotatable bonds is 7. The molecule has 0 aliphatic rings. The Morgan fingerprint density at radius 3 is 2.67 bits per heavy atom. The van der Waals surface area contributed by atoms with Crippen LogP contribution < -0.4 is 5.32 Å². The highest BCUT2D eigenvalue weighted by atomic mass is 32.1. The first-order valence-electron chi connectivity index (χ1n) is 11.4. The van der Waals surface area contributed by atoms with Crippen LogP contribution in [0.5, 0.6) is 5.75 Å². The van der Waals surface area contributed by atoms with Gasteiger partial charge in [-0.2, -0.15) is 0 Å². The van der Waals surface area contributed by atoms with Gasteiger partial charge < -0.3 is 15.4 Å². The molecule has 3 aromatic carbocycles. The summed E-state index contributed by atoms with van der Waals surface area (Å²) in [6.45, 7) is 2.00. The summed E-state index contributed by atoms with van der Waals surface area (Å²) >= 11 is 1.45. The molecule has 5 nitrogen and oxygen atoms in total. The van der Waals surface area contributed by atoms with Gasteiger partial charge in [0.15, 0.2) is 0 Å². The van der Waals surface area contributed by atoms with Crippen molar-refractivity contribution in [3.05, 3.63) is 106 Å². The minimum Gasteiger partial charge on any atom is -0.508 e. The van der Waals surface area contributed by atoms with Gasteiger partial charge in [-0.3, -0.25) is 4.79 Å². The molecule has 0 bridgehead atoms. The number of aromatic hydroxyl groups is 1. The lowest BCUT2D eigenvalue weighted by molar-refractivity contribution is -0.121. The summed E-state index contributed by atoms with van der Waals surface area (Å²) in [7, 11) is 0. The van der Waals surface area contributed by atoms with Gasteiger partial charge in [-0.25, -0.2) is 13.8 Å². The van der Waals surface area contributed by atoms with E-state index in [2.05, 4.69) is 15.3 Å². The SMILES string of the molecule is Cc1ccccc1-c1scnc1C(Cc1cc(F)cc(F)c1)NC(=O)Cc1c[nH]c2ccc(O)cc12. The minimum absolute atomic E-state index is 0.0568. The summed E-state index contributed by atoms with van der Waals surface area (Å²) < 4.78 is 27.9. The van der Waals surface area contributed by atoms with Crippen LogP contribution in [0.2, 0.25) is 0 Å². The molecule has 0 saturated carbocycles. The summed E-state index contributed by atoms with van der Waals surface area (Å²) in [6, 6.07) is 15.6. The first-order valence-corrected chi connectivity index (χ1v) is 12.3. The molecule has 182 valence electrons. The van der Waals surface area contributed by atoms with Crippen molar-refractivity contribution in [1.29, 1.82) is 0 Å². The van der Waals surface area contributed by atoms with Crippen LogP contribution in [0, 0.1) is 18.6 Å². The molecule has 0 fully saturated rings. The number of benzene rings is 3. The van der Waals surface area contributed by atoms with Gasteiger partial charge >= 0.3 is 0 Å². The first-order chi connectivity index (χ1) is 17.4. The number of hydrogen-bond acceptors (Lipinski definition) is 4. The molecule has 0 saturated heterocycles. The quantitative estimate of drug-likeness (QED) is 0.247. The lowest BCUT2D eigenvalue weighted by atomic mass is 9.98. The molecule has 0 radical (unpaired) electrons. The van der Waals surface area contributed by atoms with Crippen molar-refractivity contribution in [2.24, 2.45) is 0 Å². The number of amides is 1. The van der Waals surface area contributed by atoms with Gasteiger partial charge in [0.25, 0.3) is 0 Å². The first kappa shape index (κ1) is 23.7. The molecule has 1 atom stereocenters. The number of aromatic nitrogens is 2. The summed E-state index contributed by atoms with van der Waals surface area (Å²) in [5, 5.41) is 13.7. The Balaban J connectivity index is 1.48. The molecular weight excluding hydrogens is 480 g/mol. The second-order valence-corrected chi connectivity index (χ2v) is 9.56. The highest BCUT2D eigenvalue weighted by Crippen LogP contribution is 2.35. The number of H-pyrrole nitrogens is 1. The van der Waals surface area contributed by atoms with Gasteiger partial charge in [0.05, 0.1) is 28.5 Å². The van der Waals surface area contributed by atoms with Gasteiger partial charge in [0.2, 0.25) is 5.91 Å². The van der Waals surface area contributed by atoms with E-state index >= 15 is 0 Å². The number of nitrogens with zero attached hydrogens (tertiary/aromatic N) is 1. The molecule has 0 aliphatic heterocycles. The molecule has 2 aromatic heterocycles. The topological polar surface area (TPSA) is 78.0 Å². The largest absolute Gasteiger partial charge is 0.508 e. The average Bonchev–Trinajstić information content (AvgIpc) is 3.46. The number of aromatic amines is 1. The molecule has 1 amide bonds. The molecular formula is C28H23F2N3O2S. The van der Waals surface area contributed by atoms with Crippen molar-refractivity contribution < 1.29 is 18.7 Å². The van der Waals surface area contributed by atoms with Crippen molar-refractivity contribution in [2.75, 3.05) is 0 Å². The number of phenols is 1. The predicted octanol–water partition coefficient (Wildman–Crippen LogP) is 6.23. The fourth-order valence-corrected chi connectivity index (χ4v) is 5.39. The third-order valence-corrected chi connectivity index (χ3v) is 6.99. The fraction of sp³-hybridized carbons (Fsp3) is 0.143. The van der Waals surface area contributed by atoms with Gasteiger partial charge in [-0.15, -0.1) is 11.3 Å². The molecule has 1 unspecified atom stereocenters. The number of carbonyl (C=O) groups excluding carboxylic acids is 1. The van der Waals surface area contributed by atoms with E-state index in [0.29, 0.717) is 11.3 Å². The maximum Gasteiger partial charge on any atom is 0.225 e. The average molecular weight is 504 g/mol. The van der Waals surface area contributed by atoms with E-state index in [0.717, 1.165) is 38.5 Å². The van der Waals surface area contributed by atoms with Crippen LogP contribution in [0.3, 0.4) is 0 Å². The third-order valence-electron chi connectivity index (χ3n) is 6.11. The van der Waals surface area contributed by atoms with Gasteiger partial charge in [-0.1, -0.05) is 24.3 Å². The highest BCUT2D eigenvalue weighted by Gasteiger charge is 2.24. The number of hydrogen-bond donors (Lipinski definition) is 3. The second kappa shape index (κ2) is 9.91. The highest BCUT2D eigenvalue weighted by molar-refractivity contribution is 7.13. The zero-order chi connectivity index (χ0) is 25.2. The molecule has 5 rings (SSSR count). The summed E-state index contributed by atoms with van der Waals surface area (Å²) in [5.74, 6) is -1.51. The standard InChI is InChI=1S/C28H23F2N3O2S/c1-16-4-2-3-5-22(16)28-27(32-15-36-28)25(10-17-8-19(29)12-20(30)9-17)33-26(35)11-18-14-31-24-7-6-21(34)13-23(18)24/h2-9,12-15,25,31,34H,10-11H2,1H3,(H,33,35). The van der Waals surface area contributed by atoms with Crippen LogP contribution in [-0.4, -0.2) is 21.0 Å². The lowest BCUT2D eigenvalue weighted by Gasteiger charge is -2.20.